The van der Waals surface area contributed by atoms with Crippen LogP contribution in [0.4, 0.5) is 13.2 Å². The molecule has 10 heteroatoms. The number of amides is 1. The van der Waals surface area contributed by atoms with Crippen LogP contribution < -0.4 is 0 Å². The molecule has 3 heterocycles. The highest BCUT2D eigenvalue weighted by Gasteiger charge is 2.46. The van der Waals surface area contributed by atoms with E-state index in [1.165, 1.54) is 0 Å². The van der Waals surface area contributed by atoms with E-state index in [1.54, 1.807) is 0 Å². The number of aromatic nitrogens is 2. The molecule has 2 aliphatic rings. The van der Waals surface area contributed by atoms with E-state index in [2.05, 4.69) is 33.2 Å². The van der Waals surface area contributed by atoms with Gasteiger partial charge in [0.05, 0.1) is 12.5 Å². The van der Waals surface area contributed by atoms with E-state index in [4.69, 9.17) is 9.90 Å². The Kier molecular flexibility index (Phi) is 6.50. The number of alkyl halides is 3. The summed E-state index contributed by atoms with van der Waals surface area (Å²) in [7, 11) is 2.02. The molecule has 0 spiro atoms. The van der Waals surface area contributed by atoms with Crippen molar-refractivity contribution in [2.45, 2.75) is 26.6 Å². The van der Waals surface area contributed by atoms with Crippen LogP contribution in [-0.2, 0) is 23.2 Å². The van der Waals surface area contributed by atoms with Crippen molar-refractivity contribution < 1.29 is 27.9 Å². The van der Waals surface area contributed by atoms with E-state index >= 15 is 0 Å². The highest BCUT2D eigenvalue weighted by molar-refractivity contribution is 5.82. The first-order valence-corrected chi connectivity index (χ1v) is 8.76. The summed E-state index contributed by atoms with van der Waals surface area (Å²) in [6.07, 6.45) is -1.27. The molecule has 0 bridgehead atoms. The lowest BCUT2D eigenvalue weighted by Crippen LogP contribution is -2.35. The molecular weight excluding hydrogens is 365 g/mol. The molecule has 2 atom stereocenters. The predicted molar refractivity (Wildman–Crippen MR) is 90.6 cm³/mol. The van der Waals surface area contributed by atoms with Gasteiger partial charge < -0.3 is 14.6 Å². The number of carbonyl (C=O) groups excluding carboxylic acids is 1. The standard InChI is InChI=1S/C15H24N4O.C2HF3O2/c1-11(2)6-19-8-12-7-18(9-13(12)15(19)20)10-14-16-4-5-17(14)3;3-2(4,5)1(6)7/h4-5,11-13H,6-10H2,1-3H3;(H,6,7)/t12-,13-;/m0./s1. The van der Waals surface area contributed by atoms with Crippen molar-refractivity contribution in [3.8, 4) is 0 Å². The van der Waals surface area contributed by atoms with Gasteiger partial charge in [0.25, 0.3) is 0 Å². The van der Waals surface area contributed by atoms with Crippen molar-refractivity contribution in [2.75, 3.05) is 26.2 Å². The molecular formula is C17H25F3N4O3. The van der Waals surface area contributed by atoms with E-state index in [9.17, 15) is 18.0 Å². The number of imidazole rings is 1. The van der Waals surface area contributed by atoms with E-state index < -0.39 is 12.1 Å². The predicted octanol–water partition coefficient (Wildman–Crippen LogP) is 1.60. The second-order valence-electron chi connectivity index (χ2n) is 7.46. The van der Waals surface area contributed by atoms with Gasteiger partial charge in [0.15, 0.2) is 0 Å². The maximum atomic E-state index is 12.4. The molecule has 2 fully saturated rings. The third-order valence-corrected chi connectivity index (χ3v) is 4.71. The Bertz CT molecular complexity index is 675. The highest BCUT2D eigenvalue weighted by atomic mass is 19.4. The number of carboxylic acids is 1. The summed E-state index contributed by atoms with van der Waals surface area (Å²) in [5.74, 6) is -0.0213. The highest BCUT2D eigenvalue weighted by Crippen LogP contribution is 2.33. The zero-order valence-corrected chi connectivity index (χ0v) is 15.6. The number of carbonyl (C=O) groups is 2. The molecule has 0 radical (unpaired) electrons. The van der Waals surface area contributed by atoms with Gasteiger partial charge in [0, 0.05) is 51.5 Å². The van der Waals surface area contributed by atoms with Crippen molar-refractivity contribution in [2.24, 2.45) is 24.8 Å². The number of aliphatic carboxylic acids is 1. The molecule has 1 amide bonds. The molecule has 1 aromatic rings. The summed E-state index contributed by atoms with van der Waals surface area (Å²) in [5.41, 5.74) is 0. The molecule has 152 valence electrons. The van der Waals surface area contributed by atoms with E-state index in [0.29, 0.717) is 17.7 Å². The lowest BCUT2D eigenvalue weighted by Gasteiger charge is -2.22. The quantitative estimate of drug-likeness (QED) is 0.845. The third kappa shape index (κ3) is 5.44. The largest absolute Gasteiger partial charge is 0.490 e. The third-order valence-electron chi connectivity index (χ3n) is 4.71. The van der Waals surface area contributed by atoms with Crippen molar-refractivity contribution in [1.29, 1.82) is 0 Å². The number of rotatable bonds is 4. The Morgan fingerprint density at radius 2 is 1.96 bits per heavy atom. The number of likely N-dealkylation sites (tertiary alicyclic amines) is 2. The van der Waals surface area contributed by atoms with Gasteiger partial charge in [-0.2, -0.15) is 13.2 Å². The van der Waals surface area contributed by atoms with Crippen LogP contribution in [0.3, 0.4) is 0 Å². The van der Waals surface area contributed by atoms with Gasteiger partial charge in [0.1, 0.15) is 5.82 Å². The van der Waals surface area contributed by atoms with Gasteiger partial charge >= 0.3 is 12.1 Å². The Balaban J connectivity index is 0.000000321. The Morgan fingerprint density at radius 3 is 2.41 bits per heavy atom. The fourth-order valence-corrected chi connectivity index (χ4v) is 3.52. The van der Waals surface area contributed by atoms with Gasteiger partial charge in [-0.15, -0.1) is 0 Å². The molecule has 0 unspecified atom stereocenters. The number of carboxylic acid groups (broad SMARTS) is 1. The lowest BCUT2D eigenvalue weighted by molar-refractivity contribution is -0.192. The first-order chi connectivity index (χ1) is 12.5. The van der Waals surface area contributed by atoms with Crippen LogP contribution in [0.5, 0.6) is 0 Å². The molecule has 7 nitrogen and oxygen atoms in total. The molecule has 1 N–H and O–H groups in total. The SMILES string of the molecule is CC(C)CN1C[C@@H]2CN(Cc3nccn3C)C[C@@H]2C1=O.O=C(O)C(F)(F)F. The van der Waals surface area contributed by atoms with Gasteiger partial charge in [0.2, 0.25) is 5.91 Å². The molecule has 2 saturated heterocycles. The minimum Gasteiger partial charge on any atom is -0.475 e. The number of halogens is 3. The zero-order valence-electron chi connectivity index (χ0n) is 15.6. The zero-order chi connectivity index (χ0) is 20.4. The number of aryl methyl sites for hydroxylation is 1. The van der Waals surface area contributed by atoms with Gasteiger partial charge in [-0.1, -0.05) is 13.8 Å². The second-order valence-corrected chi connectivity index (χ2v) is 7.46. The van der Waals surface area contributed by atoms with Crippen LogP contribution in [0.25, 0.3) is 0 Å². The average molecular weight is 390 g/mol. The van der Waals surface area contributed by atoms with Crippen LogP contribution >= 0.6 is 0 Å². The first-order valence-electron chi connectivity index (χ1n) is 8.76. The van der Waals surface area contributed by atoms with Crippen molar-refractivity contribution >= 4 is 11.9 Å². The fraction of sp³-hybridized carbons (Fsp3) is 0.706. The fourth-order valence-electron chi connectivity index (χ4n) is 3.52. The Morgan fingerprint density at radius 1 is 1.33 bits per heavy atom. The summed E-state index contributed by atoms with van der Waals surface area (Å²) in [5, 5.41) is 7.12. The molecule has 3 rings (SSSR count). The summed E-state index contributed by atoms with van der Waals surface area (Å²) >= 11 is 0. The summed E-state index contributed by atoms with van der Waals surface area (Å²) in [6, 6.07) is 0. The van der Waals surface area contributed by atoms with Gasteiger partial charge in [-0.25, -0.2) is 9.78 Å². The van der Waals surface area contributed by atoms with Crippen molar-refractivity contribution in [3.05, 3.63) is 18.2 Å². The summed E-state index contributed by atoms with van der Waals surface area (Å²) in [4.78, 5) is 30.1. The normalized spacial score (nSPS) is 22.8. The number of fused-ring (bicyclic) bond motifs is 1. The maximum Gasteiger partial charge on any atom is 0.490 e. The van der Waals surface area contributed by atoms with E-state index in [0.717, 1.165) is 38.5 Å². The minimum atomic E-state index is -5.08. The summed E-state index contributed by atoms with van der Waals surface area (Å²) < 4.78 is 33.8. The first kappa shape index (κ1) is 21.2. The number of nitrogens with zero attached hydrogens (tertiary/aromatic N) is 4. The molecule has 2 aliphatic heterocycles. The van der Waals surface area contributed by atoms with Crippen molar-refractivity contribution in [3.63, 3.8) is 0 Å². The van der Waals surface area contributed by atoms with Crippen LogP contribution in [0.2, 0.25) is 0 Å². The van der Waals surface area contributed by atoms with E-state index in [1.807, 2.05) is 19.4 Å². The topological polar surface area (TPSA) is 78.7 Å². The van der Waals surface area contributed by atoms with Gasteiger partial charge in [-0.05, 0) is 5.92 Å². The number of hydrogen-bond donors (Lipinski definition) is 1. The van der Waals surface area contributed by atoms with Crippen LogP contribution in [0.1, 0.15) is 19.7 Å². The smallest absolute Gasteiger partial charge is 0.475 e. The van der Waals surface area contributed by atoms with Gasteiger partial charge in [-0.3, -0.25) is 9.69 Å². The Labute approximate surface area is 155 Å². The number of hydrogen-bond acceptors (Lipinski definition) is 4. The van der Waals surface area contributed by atoms with Crippen LogP contribution in [0.15, 0.2) is 12.4 Å². The molecule has 1 aromatic heterocycles. The molecule has 0 saturated carbocycles. The maximum absolute atomic E-state index is 12.4. The second kappa shape index (κ2) is 8.28. The van der Waals surface area contributed by atoms with Crippen LogP contribution in [-0.4, -0.2) is 68.7 Å². The van der Waals surface area contributed by atoms with E-state index in [-0.39, 0.29) is 5.92 Å². The molecule has 0 aliphatic carbocycles. The lowest BCUT2D eigenvalue weighted by atomic mass is 10.0. The minimum absolute atomic E-state index is 0.217. The molecule has 27 heavy (non-hydrogen) atoms. The summed E-state index contributed by atoms with van der Waals surface area (Å²) in [6.45, 7) is 8.98. The average Bonchev–Trinajstić information content (AvgIpc) is 3.18. The molecule has 0 aromatic carbocycles. The monoisotopic (exact) mass is 390 g/mol. The van der Waals surface area contributed by atoms with Crippen LogP contribution in [0, 0.1) is 17.8 Å². The Hall–Kier alpha value is -2.10. The van der Waals surface area contributed by atoms with Crippen molar-refractivity contribution in [1.82, 2.24) is 19.4 Å².